The van der Waals surface area contributed by atoms with Gasteiger partial charge >= 0.3 is 12.1 Å². The Morgan fingerprint density at radius 1 is 0.903 bits per heavy atom. The molecule has 0 atom stereocenters. The minimum Gasteiger partial charge on any atom is -0.457 e. The number of carbonyl (C=O) groups is 2. The van der Waals surface area contributed by atoms with Gasteiger partial charge in [0, 0.05) is 0 Å². The molecule has 0 aliphatic rings. The normalized spacial score (nSPS) is 9.19. The molecule has 0 spiro atoms. The lowest BCUT2D eigenvalue weighted by Crippen LogP contribution is -2.10. The predicted molar refractivity (Wildman–Crippen MR) is 128 cm³/mol. The molecule has 2 rings (SSSR count). The number of hydrogen-bond donors (Lipinski definition) is 1. The number of carboxylic acid groups (broad SMARTS) is 1. The van der Waals surface area contributed by atoms with E-state index in [0.717, 1.165) is 5.56 Å². The third kappa shape index (κ3) is 15.9. The Morgan fingerprint density at radius 3 is 1.90 bits per heavy atom. The molecule has 168 valence electrons. The van der Waals surface area contributed by atoms with Crippen LogP contribution >= 0.6 is 0 Å². The van der Waals surface area contributed by atoms with Gasteiger partial charge in [-0.2, -0.15) is 0 Å². The molecule has 2 aromatic rings. The van der Waals surface area contributed by atoms with Crippen LogP contribution in [0.3, 0.4) is 0 Å². The first-order valence-electron chi connectivity index (χ1n) is 10.0. The van der Waals surface area contributed by atoms with Crippen LogP contribution in [0.15, 0.2) is 91.6 Å². The number of allylic oxidation sites excluding steroid dienone is 5. The third-order valence-electron chi connectivity index (χ3n) is 3.18. The van der Waals surface area contributed by atoms with Crippen LogP contribution in [0.1, 0.15) is 50.5 Å². The van der Waals surface area contributed by atoms with Gasteiger partial charge in [-0.05, 0) is 38.5 Å². The predicted octanol–water partition coefficient (Wildman–Crippen LogP) is 7.46. The zero-order valence-electron chi connectivity index (χ0n) is 19.1. The van der Waals surface area contributed by atoms with Gasteiger partial charge in [0.1, 0.15) is 17.9 Å². The molecule has 0 saturated carbocycles. The highest BCUT2D eigenvalue weighted by Crippen LogP contribution is 2.19. The largest absolute Gasteiger partial charge is 0.511 e. The minimum absolute atomic E-state index is 0.0435. The maximum Gasteiger partial charge on any atom is 0.511 e. The van der Waals surface area contributed by atoms with E-state index in [2.05, 4.69) is 11.3 Å². The molecule has 5 heteroatoms. The van der Waals surface area contributed by atoms with Gasteiger partial charge in [0.05, 0.1) is 0 Å². The summed E-state index contributed by atoms with van der Waals surface area (Å²) < 4.78 is 9.66. The van der Waals surface area contributed by atoms with Gasteiger partial charge < -0.3 is 14.6 Å². The average molecular weight is 427 g/mol. The SMILES string of the molecule is C/C=C\C.C=C/C=C\C.CC.O=C(O)Oc1ccccc1C(=O)OCc1ccccc1. The van der Waals surface area contributed by atoms with Crippen LogP contribution in [0.4, 0.5) is 4.79 Å². The Labute approximate surface area is 186 Å². The summed E-state index contributed by atoms with van der Waals surface area (Å²) in [5.74, 6) is -0.677. The molecular weight excluding hydrogens is 392 g/mol. The molecule has 0 aliphatic carbocycles. The first kappa shape index (κ1) is 29.6. The highest BCUT2D eigenvalue weighted by atomic mass is 16.7. The van der Waals surface area contributed by atoms with Crippen LogP contribution in [0.2, 0.25) is 0 Å². The molecule has 0 aliphatic heterocycles. The third-order valence-corrected chi connectivity index (χ3v) is 3.18. The Balaban J connectivity index is 0. The Hall–Kier alpha value is -3.60. The van der Waals surface area contributed by atoms with E-state index in [9.17, 15) is 9.59 Å². The van der Waals surface area contributed by atoms with E-state index in [1.165, 1.54) is 12.1 Å². The van der Waals surface area contributed by atoms with E-state index >= 15 is 0 Å². The second-order valence-corrected chi connectivity index (χ2v) is 5.35. The van der Waals surface area contributed by atoms with Gasteiger partial charge in [-0.3, -0.25) is 0 Å². The zero-order chi connectivity index (χ0) is 23.9. The van der Waals surface area contributed by atoms with Gasteiger partial charge in [-0.25, -0.2) is 9.59 Å². The van der Waals surface area contributed by atoms with Crippen LogP contribution < -0.4 is 4.74 Å². The highest BCUT2D eigenvalue weighted by molar-refractivity contribution is 5.93. The summed E-state index contributed by atoms with van der Waals surface area (Å²) in [5, 5.41) is 8.61. The number of hydrogen-bond acceptors (Lipinski definition) is 4. The summed E-state index contributed by atoms with van der Waals surface area (Å²) in [6, 6.07) is 15.2. The molecule has 0 amide bonds. The molecular formula is C26H34O5. The summed E-state index contributed by atoms with van der Waals surface area (Å²) in [4.78, 5) is 22.5. The van der Waals surface area contributed by atoms with Crippen LogP contribution in [-0.2, 0) is 11.3 Å². The van der Waals surface area contributed by atoms with Crippen molar-refractivity contribution < 1.29 is 24.2 Å². The monoisotopic (exact) mass is 426 g/mol. The maximum atomic E-state index is 11.9. The Kier molecular flexibility index (Phi) is 20.2. The average Bonchev–Trinajstić information content (AvgIpc) is 2.80. The lowest BCUT2D eigenvalue weighted by molar-refractivity contribution is 0.0469. The number of carbonyl (C=O) groups excluding carboxylic acids is 1. The van der Waals surface area contributed by atoms with Crippen molar-refractivity contribution in [3.8, 4) is 5.75 Å². The summed E-state index contributed by atoms with van der Waals surface area (Å²) in [7, 11) is 0. The summed E-state index contributed by atoms with van der Waals surface area (Å²) in [6.45, 7) is 13.5. The van der Waals surface area contributed by atoms with Gasteiger partial charge in [0.25, 0.3) is 0 Å². The van der Waals surface area contributed by atoms with Crippen molar-refractivity contribution in [1.29, 1.82) is 0 Å². The first-order valence-corrected chi connectivity index (χ1v) is 10.0. The van der Waals surface area contributed by atoms with Crippen LogP contribution in [0.5, 0.6) is 5.75 Å². The van der Waals surface area contributed by atoms with Gasteiger partial charge in [-0.1, -0.05) is 93.3 Å². The standard InChI is InChI=1S/C15H12O5.C5H8.C4H8.C2H6/c16-14(19-10-11-6-2-1-3-7-11)12-8-4-5-9-13(12)20-15(17)18;1-3-5-4-2;1-3-4-2;1-2/h1-9H,10H2,(H,17,18);3-5H,1H2,2H3;3-4H,1-2H3;1-2H3/b;5-4-;4-3-;. The van der Waals surface area contributed by atoms with Crippen molar-refractivity contribution in [3.05, 3.63) is 103 Å². The number of esters is 1. The van der Waals surface area contributed by atoms with Crippen LogP contribution in [0.25, 0.3) is 0 Å². The van der Waals surface area contributed by atoms with E-state index in [0.29, 0.717) is 0 Å². The van der Waals surface area contributed by atoms with Gasteiger partial charge in [-0.15, -0.1) is 0 Å². The van der Waals surface area contributed by atoms with Gasteiger partial charge in [0.2, 0.25) is 0 Å². The van der Waals surface area contributed by atoms with Crippen molar-refractivity contribution >= 4 is 12.1 Å². The molecule has 2 aromatic carbocycles. The molecule has 1 N–H and O–H groups in total. The molecule has 0 aromatic heterocycles. The lowest BCUT2D eigenvalue weighted by atomic mass is 10.2. The van der Waals surface area contributed by atoms with E-state index in [1.807, 2.05) is 89.3 Å². The van der Waals surface area contributed by atoms with Crippen LogP contribution in [-0.4, -0.2) is 17.2 Å². The summed E-state index contributed by atoms with van der Waals surface area (Å²) in [5.41, 5.74) is 0.920. The van der Waals surface area contributed by atoms with Crippen molar-refractivity contribution in [1.82, 2.24) is 0 Å². The van der Waals surface area contributed by atoms with E-state index in [1.54, 1.807) is 18.2 Å². The lowest BCUT2D eigenvalue weighted by Gasteiger charge is -2.08. The first-order chi connectivity index (χ1) is 15.0. The molecule has 31 heavy (non-hydrogen) atoms. The topological polar surface area (TPSA) is 72.8 Å². The molecule has 0 radical (unpaired) electrons. The highest BCUT2D eigenvalue weighted by Gasteiger charge is 2.15. The van der Waals surface area contributed by atoms with Crippen molar-refractivity contribution in [2.45, 2.75) is 41.2 Å². The molecule has 0 saturated heterocycles. The second-order valence-electron chi connectivity index (χ2n) is 5.35. The molecule has 5 nitrogen and oxygen atoms in total. The number of rotatable bonds is 5. The Bertz CT molecular complexity index is 788. The molecule has 0 fully saturated rings. The van der Waals surface area contributed by atoms with Crippen molar-refractivity contribution in [2.75, 3.05) is 0 Å². The smallest absolute Gasteiger partial charge is 0.457 e. The number of para-hydroxylation sites is 1. The minimum atomic E-state index is -1.48. The zero-order valence-corrected chi connectivity index (χ0v) is 19.1. The molecule has 0 bridgehead atoms. The maximum absolute atomic E-state index is 11.9. The fourth-order valence-corrected chi connectivity index (χ4v) is 1.76. The van der Waals surface area contributed by atoms with Crippen molar-refractivity contribution in [2.24, 2.45) is 0 Å². The fourth-order valence-electron chi connectivity index (χ4n) is 1.76. The Morgan fingerprint density at radius 2 is 1.45 bits per heavy atom. The van der Waals surface area contributed by atoms with E-state index in [4.69, 9.17) is 9.84 Å². The molecule has 0 heterocycles. The van der Waals surface area contributed by atoms with E-state index < -0.39 is 12.1 Å². The van der Waals surface area contributed by atoms with Crippen LogP contribution in [0, 0.1) is 0 Å². The number of ether oxygens (including phenoxy) is 2. The fraction of sp³-hybridized carbons (Fsp3) is 0.231. The van der Waals surface area contributed by atoms with Gasteiger partial charge in [0.15, 0.2) is 0 Å². The second kappa shape index (κ2) is 21.1. The number of benzene rings is 2. The summed E-state index contributed by atoms with van der Waals surface area (Å²) in [6.07, 6.45) is 8.10. The van der Waals surface area contributed by atoms with E-state index in [-0.39, 0.29) is 17.9 Å². The summed E-state index contributed by atoms with van der Waals surface area (Å²) >= 11 is 0. The quantitative estimate of drug-likeness (QED) is 0.232. The molecule has 0 unspecified atom stereocenters. The van der Waals surface area contributed by atoms with Crippen molar-refractivity contribution in [3.63, 3.8) is 0 Å².